The number of sulfone groups is 1. The minimum atomic E-state index is -3.23. The molecule has 0 bridgehead atoms. The molecule has 164 valence electrons. The lowest BCUT2D eigenvalue weighted by Crippen LogP contribution is -2.48. The van der Waals surface area contributed by atoms with Gasteiger partial charge in [-0.05, 0) is 31.5 Å². The Morgan fingerprint density at radius 3 is 2.42 bits per heavy atom. The van der Waals surface area contributed by atoms with Crippen molar-refractivity contribution in [1.29, 1.82) is 0 Å². The second kappa shape index (κ2) is 8.39. The van der Waals surface area contributed by atoms with Crippen LogP contribution in [0.2, 0.25) is 0 Å². The highest BCUT2D eigenvalue weighted by Gasteiger charge is 2.30. The number of anilines is 1. The zero-order chi connectivity index (χ0) is 22.2. The molecule has 9 heteroatoms. The van der Waals surface area contributed by atoms with E-state index >= 15 is 0 Å². The van der Waals surface area contributed by atoms with Crippen LogP contribution >= 0.6 is 0 Å². The molecule has 0 aliphatic carbocycles. The van der Waals surface area contributed by atoms with Crippen LogP contribution in [-0.4, -0.2) is 59.0 Å². The second-order valence-electron chi connectivity index (χ2n) is 8.11. The molecule has 1 unspecified atom stereocenters. The van der Waals surface area contributed by atoms with Crippen molar-refractivity contribution in [1.82, 2.24) is 24.6 Å². The van der Waals surface area contributed by atoms with Crippen LogP contribution in [0.4, 0.5) is 5.82 Å². The summed E-state index contributed by atoms with van der Waals surface area (Å²) >= 11 is 0. The first-order valence-electron chi connectivity index (χ1n) is 10.3. The van der Waals surface area contributed by atoms with Gasteiger partial charge in [-0.1, -0.05) is 12.1 Å². The normalized spacial score (nSPS) is 17.8. The van der Waals surface area contributed by atoms with Crippen molar-refractivity contribution in [3.8, 4) is 0 Å². The van der Waals surface area contributed by atoms with Crippen LogP contribution in [0.15, 0.2) is 47.8 Å². The molecule has 3 heterocycles. The van der Waals surface area contributed by atoms with Crippen molar-refractivity contribution in [2.75, 3.05) is 30.8 Å². The van der Waals surface area contributed by atoms with Crippen molar-refractivity contribution in [3.63, 3.8) is 0 Å². The molecule has 8 nitrogen and oxygen atoms in total. The van der Waals surface area contributed by atoms with Crippen LogP contribution in [0, 0.1) is 13.8 Å². The maximum Gasteiger partial charge on any atom is 0.175 e. The standard InChI is InChI=1S/C22H28N6O2S/c1-16-20(17(2)26(3)25-16)14-27-11-12-28(22-13-23-9-10-24-22)15-21(27)18-5-7-19(8-6-18)31(4,29)30/h5-10,13,21H,11-12,14-15H2,1-4H3. The lowest BCUT2D eigenvalue weighted by Gasteiger charge is -2.42. The molecule has 1 aliphatic heterocycles. The van der Waals surface area contributed by atoms with E-state index in [9.17, 15) is 8.42 Å². The smallest absolute Gasteiger partial charge is 0.175 e. The second-order valence-corrected chi connectivity index (χ2v) is 10.1. The fraction of sp³-hybridized carbons (Fsp3) is 0.409. The third-order valence-electron chi connectivity index (χ3n) is 6.08. The molecule has 0 saturated carbocycles. The number of hydrogen-bond donors (Lipinski definition) is 0. The van der Waals surface area contributed by atoms with Crippen molar-refractivity contribution < 1.29 is 8.42 Å². The molecule has 3 aromatic rings. The van der Waals surface area contributed by atoms with Gasteiger partial charge in [-0.15, -0.1) is 0 Å². The summed E-state index contributed by atoms with van der Waals surface area (Å²) in [5.41, 5.74) is 4.54. The number of aryl methyl sites for hydroxylation is 2. The van der Waals surface area contributed by atoms with Gasteiger partial charge in [0.15, 0.2) is 9.84 Å². The Kier molecular flexibility index (Phi) is 5.81. The van der Waals surface area contributed by atoms with Gasteiger partial charge in [-0.3, -0.25) is 14.6 Å². The Balaban J connectivity index is 1.66. The summed E-state index contributed by atoms with van der Waals surface area (Å²) in [6.07, 6.45) is 6.41. The fourth-order valence-corrected chi connectivity index (χ4v) is 4.81. The molecule has 0 radical (unpaired) electrons. The van der Waals surface area contributed by atoms with Gasteiger partial charge in [0.2, 0.25) is 0 Å². The lowest BCUT2D eigenvalue weighted by molar-refractivity contribution is 0.168. The van der Waals surface area contributed by atoms with Crippen molar-refractivity contribution in [2.24, 2.45) is 7.05 Å². The molecular weight excluding hydrogens is 412 g/mol. The minimum absolute atomic E-state index is 0.0865. The van der Waals surface area contributed by atoms with E-state index in [4.69, 9.17) is 0 Å². The number of piperazine rings is 1. The quantitative estimate of drug-likeness (QED) is 0.602. The molecule has 1 aliphatic rings. The monoisotopic (exact) mass is 440 g/mol. The lowest BCUT2D eigenvalue weighted by atomic mass is 10.0. The van der Waals surface area contributed by atoms with Crippen molar-refractivity contribution in [3.05, 3.63) is 65.4 Å². The number of rotatable bonds is 5. The van der Waals surface area contributed by atoms with Gasteiger partial charge in [-0.25, -0.2) is 13.4 Å². The molecule has 0 N–H and O–H groups in total. The van der Waals surface area contributed by atoms with Gasteiger partial charge >= 0.3 is 0 Å². The van der Waals surface area contributed by atoms with Crippen LogP contribution in [0.1, 0.15) is 28.6 Å². The van der Waals surface area contributed by atoms with Crippen LogP contribution in [-0.2, 0) is 23.4 Å². The molecule has 2 aromatic heterocycles. The van der Waals surface area contributed by atoms with Crippen molar-refractivity contribution >= 4 is 15.7 Å². The van der Waals surface area contributed by atoms with Crippen LogP contribution in [0.25, 0.3) is 0 Å². The van der Waals surface area contributed by atoms with Gasteiger partial charge < -0.3 is 4.90 Å². The molecular formula is C22H28N6O2S. The first kappa shape index (κ1) is 21.5. The van der Waals surface area contributed by atoms with Gasteiger partial charge in [-0.2, -0.15) is 5.10 Å². The summed E-state index contributed by atoms with van der Waals surface area (Å²) < 4.78 is 25.7. The molecule has 1 saturated heterocycles. The first-order valence-corrected chi connectivity index (χ1v) is 12.2. The minimum Gasteiger partial charge on any atom is -0.352 e. The average Bonchev–Trinajstić information content (AvgIpc) is 3.00. The van der Waals surface area contributed by atoms with Crippen LogP contribution < -0.4 is 4.90 Å². The summed E-state index contributed by atoms with van der Waals surface area (Å²) in [5, 5.41) is 4.57. The third-order valence-corrected chi connectivity index (χ3v) is 7.21. The van der Waals surface area contributed by atoms with E-state index in [1.165, 1.54) is 17.5 Å². The Labute approximate surface area is 183 Å². The van der Waals surface area contributed by atoms with E-state index in [0.29, 0.717) is 4.90 Å². The van der Waals surface area contributed by atoms with E-state index in [0.717, 1.165) is 43.3 Å². The summed E-state index contributed by atoms with van der Waals surface area (Å²) in [6, 6.07) is 7.34. The van der Waals surface area contributed by atoms with Crippen molar-refractivity contribution in [2.45, 2.75) is 31.3 Å². The predicted molar refractivity (Wildman–Crippen MR) is 120 cm³/mol. The molecule has 4 rings (SSSR count). The van der Waals surface area contributed by atoms with Crippen LogP contribution in [0.3, 0.4) is 0 Å². The predicted octanol–water partition coefficient (Wildman–Crippen LogP) is 2.29. The fourth-order valence-electron chi connectivity index (χ4n) is 4.18. The maximum absolute atomic E-state index is 11.9. The summed E-state index contributed by atoms with van der Waals surface area (Å²) in [7, 11) is -1.26. The van der Waals surface area contributed by atoms with E-state index < -0.39 is 9.84 Å². The summed E-state index contributed by atoms with van der Waals surface area (Å²) in [5.74, 6) is 0.855. The third kappa shape index (κ3) is 4.47. The Hall–Kier alpha value is -2.78. The van der Waals surface area contributed by atoms with E-state index in [2.05, 4.69) is 31.8 Å². The number of benzene rings is 1. The Morgan fingerprint density at radius 1 is 1.10 bits per heavy atom. The first-order chi connectivity index (χ1) is 14.7. The number of hydrogen-bond acceptors (Lipinski definition) is 7. The highest BCUT2D eigenvalue weighted by Crippen LogP contribution is 2.30. The molecule has 31 heavy (non-hydrogen) atoms. The summed E-state index contributed by atoms with van der Waals surface area (Å²) in [6.45, 7) is 7.38. The van der Waals surface area contributed by atoms with Gasteiger partial charge in [0, 0.05) is 63.1 Å². The van der Waals surface area contributed by atoms with Crippen LogP contribution in [0.5, 0.6) is 0 Å². The largest absolute Gasteiger partial charge is 0.352 e. The molecule has 0 amide bonds. The summed E-state index contributed by atoms with van der Waals surface area (Å²) in [4.78, 5) is 13.7. The number of nitrogens with zero attached hydrogens (tertiary/aromatic N) is 6. The van der Waals surface area contributed by atoms with Gasteiger partial charge in [0.1, 0.15) is 5.82 Å². The average molecular weight is 441 g/mol. The number of aromatic nitrogens is 4. The molecule has 0 spiro atoms. The topological polar surface area (TPSA) is 84.2 Å². The highest BCUT2D eigenvalue weighted by atomic mass is 32.2. The zero-order valence-electron chi connectivity index (χ0n) is 18.4. The van der Waals surface area contributed by atoms with Gasteiger partial charge in [0.05, 0.1) is 22.8 Å². The zero-order valence-corrected chi connectivity index (χ0v) is 19.2. The molecule has 1 aromatic carbocycles. The van der Waals surface area contributed by atoms with E-state index in [-0.39, 0.29) is 6.04 Å². The molecule has 1 atom stereocenters. The van der Waals surface area contributed by atoms with Gasteiger partial charge in [0.25, 0.3) is 0 Å². The Bertz CT molecular complexity index is 1160. The maximum atomic E-state index is 11.9. The Morgan fingerprint density at radius 2 is 1.84 bits per heavy atom. The molecule has 1 fully saturated rings. The highest BCUT2D eigenvalue weighted by molar-refractivity contribution is 7.90. The van der Waals surface area contributed by atoms with E-state index in [1.54, 1.807) is 30.7 Å². The SMILES string of the molecule is Cc1nn(C)c(C)c1CN1CCN(c2cnccn2)CC1c1ccc(S(C)(=O)=O)cc1. The van der Waals surface area contributed by atoms with E-state index in [1.807, 2.05) is 30.8 Å².